The van der Waals surface area contributed by atoms with Gasteiger partial charge < -0.3 is 14.2 Å². The van der Waals surface area contributed by atoms with Crippen molar-refractivity contribution in [3.05, 3.63) is 48.4 Å². The first-order chi connectivity index (χ1) is 9.21. The summed E-state index contributed by atoms with van der Waals surface area (Å²) in [5, 5.41) is 2.62. The highest BCUT2D eigenvalue weighted by molar-refractivity contribution is 5.70. The van der Waals surface area contributed by atoms with Gasteiger partial charge in [0.25, 0.3) is 0 Å². The summed E-state index contributed by atoms with van der Waals surface area (Å²) in [5.74, 6) is 0.633. The van der Waals surface area contributed by atoms with Crippen LogP contribution in [0, 0.1) is 0 Å². The molecule has 1 N–H and O–H groups in total. The van der Waals surface area contributed by atoms with E-state index in [2.05, 4.69) is 11.9 Å². The lowest BCUT2D eigenvalue weighted by atomic mass is 10.2. The minimum Gasteiger partial charge on any atom is -0.495 e. The summed E-state index contributed by atoms with van der Waals surface area (Å²) in [4.78, 5) is 11.5. The van der Waals surface area contributed by atoms with Gasteiger partial charge in [0.05, 0.1) is 6.61 Å². The predicted octanol–water partition coefficient (Wildman–Crippen LogP) is 2.29. The fraction of sp³-hybridized carbons (Fsp3) is 0.357. The molecule has 1 aliphatic rings. The topological polar surface area (TPSA) is 56.8 Å². The average molecular weight is 265 g/mol. The van der Waals surface area contributed by atoms with Crippen LogP contribution in [0.5, 0.6) is 0 Å². The van der Waals surface area contributed by atoms with Gasteiger partial charge in [-0.15, -0.1) is 0 Å². The Balaban J connectivity index is 2.74. The van der Waals surface area contributed by atoms with Crippen molar-refractivity contribution in [2.75, 3.05) is 20.3 Å². The summed E-state index contributed by atoms with van der Waals surface area (Å²) in [6.45, 7) is 6.04. The number of hydrogen-bond acceptors (Lipinski definition) is 4. The maximum atomic E-state index is 11.5. The van der Waals surface area contributed by atoms with E-state index in [-0.39, 0.29) is 12.7 Å². The van der Waals surface area contributed by atoms with E-state index in [0.29, 0.717) is 18.1 Å². The second-order valence-corrected chi connectivity index (χ2v) is 3.66. The fourth-order valence-electron chi connectivity index (χ4n) is 1.49. The third-order valence-electron chi connectivity index (χ3n) is 2.28. The van der Waals surface area contributed by atoms with Crippen LogP contribution in [0.25, 0.3) is 0 Å². The van der Waals surface area contributed by atoms with Gasteiger partial charge in [-0.2, -0.15) is 0 Å². The first-order valence-corrected chi connectivity index (χ1v) is 6.01. The van der Waals surface area contributed by atoms with Crippen LogP contribution in [-0.2, 0) is 14.2 Å². The number of nitrogens with one attached hydrogen (secondary N) is 1. The van der Waals surface area contributed by atoms with Gasteiger partial charge in [-0.25, -0.2) is 4.79 Å². The summed E-state index contributed by atoms with van der Waals surface area (Å²) in [7, 11) is 1.60. The van der Waals surface area contributed by atoms with Crippen molar-refractivity contribution in [3.63, 3.8) is 0 Å². The quantitative estimate of drug-likeness (QED) is 0.749. The normalized spacial score (nSPS) is 17.9. The molecule has 5 heteroatoms. The second kappa shape index (κ2) is 8.16. The zero-order valence-corrected chi connectivity index (χ0v) is 11.2. The van der Waals surface area contributed by atoms with E-state index < -0.39 is 6.09 Å². The van der Waals surface area contributed by atoms with E-state index in [9.17, 15) is 4.79 Å². The Kier molecular flexibility index (Phi) is 6.46. The summed E-state index contributed by atoms with van der Waals surface area (Å²) < 4.78 is 15.6. The Hall–Kier alpha value is -2.01. The molecule has 0 bridgehead atoms. The van der Waals surface area contributed by atoms with Crippen LogP contribution in [-0.4, -0.2) is 32.5 Å². The van der Waals surface area contributed by atoms with Crippen LogP contribution in [0.4, 0.5) is 4.79 Å². The molecule has 19 heavy (non-hydrogen) atoms. The monoisotopic (exact) mass is 265 g/mol. The standard InChI is InChI=1S/C14H19NO4/c1-4-9-19-14(16)15-11-7-6-8-12(17-3)13(10-11)18-5-2/h4,6-8,10,12H,1,5,9H2,2-3H3,(H,15,16). The molecule has 5 nitrogen and oxygen atoms in total. The fourth-order valence-corrected chi connectivity index (χ4v) is 1.49. The maximum Gasteiger partial charge on any atom is 0.411 e. The number of allylic oxidation sites excluding steroid dienone is 3. The molecule has 1 aliphatic carbocycles. The Morgan fingerprint density at radius 3 is 3.00 bits per heavy atom. The summed E-state index contributed by atoms with van der Waals surface area (Å²) >= 11 is 0. The number of ether oxygens (including phenoxy) is 3. The molecule has 0 aromatic carbocycles. The lowest BCUT2D eigenvalue weighted by Gasteiger charge is -2.15. The SMILES string of the molecule is C=CCOC(=O)NC1=CC=CC(OC)C(OCC)=C1. The van der Waals surface area contributed by atoms with Gasteiger partial charge in [-0.1, -0.05) is 18.7 Å². The third kappa shape index (κ3) is 5.01. The molecule has 1 rings (SSSR count). The molecular formula is C14H19NO4. The number of carbonyl (C=O) groups excluding carboxylic acids is 1. The predicted molar refractivity (Wildman–Crippen MR) is 72.4 cm³/mol. The molecule has 1 atom stereocenters. The van der Waals surface area contributed by atoms with Crippen molar-refractivity contribution in [1.82, 2.24) is 5.32 Å². The number of carbonyl (C=O) groups is 1. The smallest absolute Gasteiger partial charge is 0.411 e. The van der Waals surface area contributed by atoms with Crippen LogP contribution >= 0.6 is 0 Å². The van der Waals surface area contributed by atoms with Gasteiger partial charge in [0.1, 0.15) is 18.5 Å². The van der Waals surface area contributed by atoms with Crippen molar-refractivity contribution in [3.8, 4) is 0 Å². The molecular weight excluding hydrogens is 246 g/mol. The maximum absolute atomic E-state index is 11.5. The van der Waals surface area contributed by atoms with Crippen molar-refractivity contribution < 1.29 is 19.0 Å². The first-order valence-electron chi connectivity index (χ1n) is 6.01. The van der Waals surface area contributed by atoms with Crippen molar-refractivity contribution in [1.29, 1.82) is 0 Å². The molecule has 0 aliphatic heterocycles. The molecule has 0 fully saturated rings. The minimum atomic E-state index is -0.539. The number of hydrogen-bond donors (Lipinski definition) is 1. The second-order valence-electron chi connectivity index (χ2n) is 3.66. The Bertz CT molecular complexity index is 410. The third-order valence-corrected chi connectivity index (χ3v) is 2.28. The Morgan fingerprint density at radius 2 is 2.37 bits per heavy atom. The molecule has 0 aromatic rings. The van der Waals surface area contributed by atoms with Crippen molar-refractivity contribution in [2.45, 2.75) is 13.0 Å². The molecule has 0 spiro atoms. The largest absolute Gasteiger partial charge is 0.495 e. The first kappa shape index (κ1) is 15.0. The summed E-state index contributed by atoms with van der Waals surface area (Å²) in [6, 6.07) is 0. The van der Waals surface area contributed by atoms with Gasteiger partial charge in [-0.05, 0) is 19.1 Å². The number of methoxy groups -OCH3 is 1. The highest BCUT2D eigenvalue weighted by Gasteiger charge is 2.15. The van der Waals surface area contributed by atoms with Gasteiger partial charge in [0.15, 0.2) is 0 Å². The van der Waals surface area contributed by atoms with E-state index in [1.807, 2.05) is 13.0 Å². The van der Waals surface area contributed by atoms with Crippen LogP contribution in [0.15, 0.2) is 48.4 Å². The number of amides is 1. The molecule has 0 aromatic heterocycles. The molecule has 1 amide bonds. The zero-order valence-electron chi connectivity index (χ0n) is 11.2. The molecule has 0 saturated heterocycles. The van der Waals surface area contributed by atoms with Gasteiger partial charge in [0.2, 0.25) is 0 Å². The molecule has 1 unspecified atom stereocenters. The molecule has 0 radical (unpaired) electrons. The van der Waals surface area contributed by atoms with Crippen LogP contribution in [0.1, 0.15) is 6.92 Å². The van der Waals surface area contributed by atoms with Crippen LogP contribution in [0.2, 0.25) is 0 Å². The lowest BCUT2D eigenvalue weighted by Crippen LogP contribution is -2.23. The lowest BCUT2D eigenvalue weighted by molar-refractivity contribution is 0.0949. The Labute approximate surface area is 113 Å². The van der Waals surface area contributed by atoms with E-state index in [1.54, 1.807) is 25.3 Å². The van der Waals surface area contributed by atoms with Crippen molar-refractivity contribution in [2.24, 2.45) is 0 Å². The van der Waals surface area contributed by atoms with E-state index in [1.165, 1.54) is 6.08 Å². The van der Waals surface area contributed by atoms with Crippen LogP contribution in [0.3, 0.4) is 0 Å². The minimum absolute atomic E-state index is 0.164. The van der Waals surface area contributed by atoms with Gasteiger partial charge >= 0.3 is 6.09 Å². The van der Waals surface area contributed by atoms with Gasteiger partial charge in [-0.3, -0.25) is 5.32 Å². The van der Waals surface area contributed by atoms with Crippen LogP contribution < -0.4 is 5.32 Å². The summed E-state index contributed by atoms with van der Waals surface area (Å²) in [6.07, 6.45) is 7.79. The molecule has 0 saturated carbocycles. The number of rotatable bonds is 6. The number of alkyl carbamates (subject to hydrolysis) is 1. The molecule has 104 valence electrons. The zero-order chi connectivity index (χ0) is 14.1. The van der Waals surface area contributed by atoms with E-state index >= 15 is 0 Å². The van der Waals surface area contributed by atoms with E-state index in [4.69, 9.17) is 14.2 Å². The highest BCUT2D eigenvalue weighted by Crippen LogP contribution is 2.15. The molecule has 0 heterocycles. The average Bonchev–Trinajstić information content (AvgIpc) is 2.59. The summed E-state index contributed by atoms with van der Waals surface area (Å²) in [5.41, 5.74) is 0.577. The van der Waals surface area contributed by atoms with Gasteiger partial charge in [0, 0.05) is 18.9 Å². The van der Waals surface area contributed by atoms with Crippen molar-refractivity contribution >= 4 is 6.09 Å². The Morgan fingerprint density at radius 1 is 1.58 bits per heavy atom. The van der Waals surface area contributed by atoms with E-state index in [0.717, 1.165) is 0 Å². The highest BCUT2D eigenvalue weighted by atomic mass is 16.5.